The number of amides is 1. The molecule has 1 amide bonds. The summed E-state index contributed by atoms with van der Waals surface area (Å²) in [6.45, 7) is 3.09. The highest BCUT2D eigenvalue weighted by atomic mass is 19.1. The van der Waals surface area contributed by atoms with Crippen molar-refractivity contribution in [1.29, 1.82) is 0 Å². The molecule has 0 saturated carbocycles. The lowest BCUT2D eigenvalue weighted by atomic mass is 9.95. The molecule has 2 aliphatic rings. The van der Waals surface area contributed by atoms with E-state index in [0.717, 1.165) is 5.71 Å². The lowest BCUT2D eigenvalue weighted by molar-refractivity contribution is -0.130. The van der Waals surface area contributed by atoms with Gasteiger partial charge in [0.05, 0.1) is 25.1 Å². The summed E-state index contributed by atoms with van der Waals surface area (Å²) < 4.78 is 25.4. The first-order chi connectivity index (χ1) is 14.0. The molecule has 1 aromatic carbocycles. The number of hydrogen-bond acceptors (Lipinski definition) is 5. The van der Waals surface area contributed by atoms with E-state index >= 15 is 0 Å². The molecular formula is C22H24FN3O3. The fourth-order valence-electron chi connectivity index (χ4n) is 4.03. The molecule has 7 heteroatoms. The molecule has 0 radical (unpaired) electrons. The van der Waals surface area contributed by atoms with Gasteiger partial charge in [-0.3, -0.25) is 9.79 Å². The number of aliphatic imine (C=N–C) groups is 1. The van der Waals surface area contributed by atoms with Crippen molar-refractivity contribution < 1.29 is 18.7 Å². The van der Waals surface area contributed by atoms with Crippen LogP contribution < -0.4 is 9.47 Å². The molecule has 0 bridgehead atoms. The molecule has 1 spiro atoms. The molecule has 29 heavy (non-hydrogen) atoms. The maximum atomic E-state index is 14.6. The standard InChI is InChI=1S/C22H24FN3O3/c1-4-29-15-5-6-17(23)16(13-15)14-11-19(24-20(12-14)28-3)18-7-8-22(25-18)9-10-26(2)21(22)27/h5-6,11-13H,4,7-10H2,1-3H3/t22-/m0/s1. The van der Waals surface area contributed by atoms with Crippen LogP contribution >= 0.6 is 0 Å². The Balaban J connectivity index is 1.76. The smallest absolute Gasteiger partial charge is 0.250 e. The molecule has 152 valence electrons. The molecule has 0 unspecified atom stereocenters. The second-order valence-electron chi connectivity index (χ2n) is 7.42. The number of hydrogen-bond donors (Lipinski definition) is 0. The third-order valence-electron chi connectivity index (χ3n) is 5.60. The Bertz CT molecular complexity index is 991. The molecule has 0 N–H and O–H groups in total. The van der Waals surface area contributed by atoms with Gasteiger partial charge < -0.3 is 14.4 Å². The highest BCUT2D eigenvalue weighted by Crippen LogP contribution is 2.38. The van der Waals surface area contributed by atoms with Gasteiger partial charge in [0, 0.05) is 25.2 Å². The van der Waals surface area contributed by atoms with Crippen LogP contribution in [0.1, 0.15) is 31.9 Å². The zero-order valence-corrected chi connectivity index (χ0v) is 16.9. The molecule has 4 rings (SSSR count). The highest BCUT2D eigenvalue weighted by molar-refractivity contribution is 6.05. The Morgan fingerprint density at radius 1 is 1.24 bits per heavy atom. The number of carbonyl (C=O) groups is 1. The van der Waals surface area contributed by atoms with Crippen molar-refractivity contribution in [1.82, 2.24) is 9.88 Å². The van der Waals surface area contributed by atoms with E-state index in [-0.39, 0.29) is 11.7 Å². The number of benzene rings is 1. The first-order valence-electron chi connectivity index (χ1n) is 9.79. The van der Waals surface area contributed by atoms with Gasteiger partial charge >= 0.3 is 0 Å². The van der Waals surface area contributed by atoms with Crippen molar-refractivity contribution in [3.05, 3.63) is 41.8 Å². The lowest BCUT2D eigenvalue weighted by Gasteiger charge is -2.17. The van der Waals surface area contributed by atoms with Gasteiger partial charge in [-0.2, -0.15) is 0 Å². The van der Waals surface area contributed by atoms with Gasteiger partial charge in [-0.1, -0.05) is 0 Å². The van der Waals surface area contributed by atoms with Gasteiger partial charge in [0.25, 0.3) is 0 Å². The highest BCUT2D eigenvalue weighted by Gasteiger charge is 2.48. The number of rotatable bonds is 5. The van der Waals surface area contributed by atoms with Crippen LogP contribution in [-0.2, 0) is 4.79 Å². The zero-order valence-electron chi connectivity index (χ0n) is 16.9. The van der Waals surface area contributed by atoms with Crippen molar-refractivity contribution in [2.75, 3.05) is 27.3 Å². The summed E-state index contributed by atoms with van der Waals surface area (Å²) in [6.07, 6.45) is 2.04. The summed E-state index contributed by atoms with van der Waals surface area (Å²) in [7, 11) is 3.33. The van der Waals surface area contributed by atoms with Gasteiger partial charge in [0.2, 0.25) is 11.8 Å². The van der Waals surface area contributed by atoms with Crippen LogP contribution in [0.2, 0.25) is 0 Å². The summed E-state index contributed by atoms with van der Waals surface area (Å²) >= 11 is 0. The summed E-state index contributed by atoms with van der Waals surface area (Å²) in [5.74, 6) is 0.673. The van der Waals surface area contributed by atoms with E-state index in [1.165, 1.54) is 13.2 Å². The van der Waals surface area contributed by atoms with Crippen LogP contribution in [0, 0.1) is 5.82 Å². The van der Waals surface area contributed by atoms with Crippen molar-refractivity contribution in [2.24, 2.45) is 4.99 Å². The van der Waals surface area contributed by atoms with E-state index in [1.54, 1.807) is 36.2 Å². The predicted molar refractivity (Wildman–Crippen MR) is 108 cm³/mol. The SMILES string of the molecule is CCOc1ccc(F)c(-c2cc(OC)nc(C3=N[C@@]4(CC3)CCN(C)C4=O)c2)c1. The van der Waals surface area contributed by atoms with Gasteiger partial charge in [-0.15, -0.1) is 0 Å². The largest absolute Gasteiger partial charge is 0.494 e. The maximum Gasteiger partial charge on any atom is 0.250 e. The Kier molecular flexibility index (Phi) is 4.98. The molecule has 3 heterocycles. The van der Waals surface area contributed by atoms with Crippen molar-refractivity contribution in [3.63, 3.8) is 0 Å². The first-order valence-corrected chi connectivity index (χ1v) is 9.79. The van der Waals surface area contributed by atoms with Gasteiger partial charge in [-0.05, 0) is 56.0 Å². The van der Waals surface area contributed by atoms with Crippen LogP contribution in [-0.4, -0.2) is 54.4 Å². The molecule has 1 fully saturated rings. The Labute approximate surface area is 169 Å². The number of aromatic nitrogens is 1. The molecule has 1 saturated heterocycles. The summed E-state index contributed by atoms with van der Waals surface area (Å²) in [6, 6.07) is 8.16. The summed E-state index contributed by atoms with van der Waals surface area (Å²) in [5.41, 5.74) is 1.73. The van der Waals surface area contributed by atoms with E-state index in [2.05, 4.69) is 4.98 Å². The number of halogens is 1. The van der Waals surface area contributed by atoms with Gasteiger partial charge in [-0.25, -0.2) is 9.37 Å². The van der Waals surface area contributed by atoms with Gasteiger partial charge in [0.1, 0.15) is 17.1 Å². The fraction of sp³-hybridized carbons (Fsp3) is 0.409. The van der Waals surface area contributed by atoms with Gasteiger partial charge in [0.15, 0.2) is 0 Å². The normalized spacial score (nSPS) is 21.0. The minimum Gasteiger partial charge on any atom is -0.494 e. The van der Waals surface area contributed by atoms with E-state index in [9.17, 15) is 9.18 Å². The van der Waals surface area contributed by atoms with E-state index < -0.39 is 5.54 Å². The minimum atomic E-state index is -0.671. The molecule has 6 nitrogen and oxygen atoms in total. The number of carbonyl (C=O) groups excluding carboxylic acids is 1. The first kappa shape index (κ1) is 19.4. The number of likely N-dealkylation sites (N-methyl/N-ethyl adjacent to an activating group) is 1. The van der Waals surface area contributed by atoms with Crippen LogP contribution in [0.25, 0.3) is 11.1 Å². The predicted octanol–water partition coefficient (Wildman–Crippen LogP) is 3.48. The quantitative estimate of drug-likeness (QED) is 0.775. The molecule has 1 aromatic heterocycles. The molecule has 1 atom stereocenters. The second-order valence-corrected chi connectivity index (χ2v) is 7.42. The topological polar surface area (TPSA) is 64.0 Å². The third kappa shape index (κ3) is 3.45. The van der Waals surface area contributed by atoms with Crippen LogP contribution in [0.15, 0.2) is 35.3 Å². The number of ether oxygens (including phenoxy) is 2. The Morgan fingerprint density at radius 3 is 2.76 bits per heavy atom. The molecule has 0 aliphatic carbocycles. The van der Waals surface area contributed by atoms with Crippen LogP contribution in [0.5, 0.6) is 11.6 Å². The monoisotopic (exact) mass is 397 g/mol. The number of likely N-dealkylation sites (tertiary alicyclic amines) is 1. The van der Waals surface area contributed by atoms with E-state index in [4.69, 9.17) is 14.5 Å². The Hall–Kier alpha value is -2.96. The van der Waals surface area contributed by atoms with Crippen LogP contribution in [0.4, 0.5) is 4.39 Å². The van der Waals surface area contributed by atoms with Crippen LogP contribution in [0.3, 0.4) is 0 Å². The Morgan fingerprint density at radius 2 is 2.07 bits per heavy atom. The summed E-state index contributed by atoms with van der Waals surface area (Å²) in [4.78, 5) is 23.6. The van der Waals surface area contributed by atoms with Crippen molar-refractivity contribution in [2.45, 2.75) is 31.7 Å². The zero-order chi connectivity index (χ0) is 20.6. The van der Waals surface area contributed by atoms with E-state index in [0.29, 0.717) is 60.9 Å². The minimum absolute atomic E-state index is 0.0612. The third-order valence-corrected chi connectivity index (χ3v) is 5.60. The fourth-order valence-corrected chi connectivity index (χ4v) is 4.03. The number of nitrogens with zero attached hydrogens (tertiary/aromatic N) is 3. The second kappa shape index (κ2) is 7.46. The lowest BCUT2D eigenvalue weighted by Crippen LogP contribution is -2.35. The van der Waals surface area contributed by atoms with Crippen molar-refractivity contribution in [3.8, 4) is 22.8 Å². The molecule has 2 aliphatic heterocycles. The molecular weight excluding hydrogens is 373 g/mol. The maximum absolute atomic E-state index is 14.6. The average Bonchev–Trinajstić information content (AvgIpc) is 3.29. The van der Waals surface area contributed by atoms with E-state index in [1.807, 2.05) is 6.92 Å². The molecule has 2 aromatic rings. The number of methoxy groups -OCH3 is 1. The summed E-state index contributed by atoms with van der Waals surface area (Å²) in [5, 5.41) is 0. The van der Waals surface area contributed by atoms with Crippen molar-refractivity contribution >= 4 is 11.6 Å². The average molecular weight is 397 g/mol. The number of pyridine rings is 1.